The summed E-state index contributed by atoms with van der Waals surface area (Å²) < 4.78 is 7.02. The number of rotatable bonds is 4. The first-order chi connectivity index (χ1) is 13.7. The minimum Gasteiger partial charge on any atom is -0.496 e. The second kappa shape index (κ2) is 9.26. The van der Waals surface area contributed by atoms with Crippen LogP contribution in [-0.4, -0.2) is 52.5 Å². The molecule has 2 aromatic carbocycles. The first-order valence-corrected chi connectivity index (χ1v) is 9.38. The number of nitrogens with one attached hydrogen (secondary N) is 1. The lowest BCUT2D eigenvalue weighted by Gasteiger charge is -2.36. The molecular weight excluding hydrogens is 413 g/mol. The average Bonchev–Trinajstić information content (AvgIpc) is 3.23. The number of methoxy groups -OCH3 is 1. The lowest BCUT2D eigenvalue weighted by atomic mass is 10.0. The molecule has 152 valence electrons. The SMILES string of the molecule is COc1ccccc1C1CNCCN1C(=O)c1cn(-c2ccccc2Cl)nn1.Cl. The predicted molar refractivity (Wildman–Crippen MR) is 113 cm³/mol. The molecule has 0 bridgehead atoms. The number of aromatic nitrogens is 3. The summed E-state index contributed by atoms with van der Waals surface area (Å²) in [5.41, 5.74) is 1.92. The number of benzene rings is 2. The Kier molecular flexibility index (Phi) is 6.74. The highest BCUT2D eigenvalue weighted by Gasteiger charge is 2.31. The van der Waals surface area contributed by atoms with Crippen molar-refractivity contribution in [2.75, 3.05) is 26.7 Å². The van der Waals surface area contributed by atoms with Crippen LogP contribution in [0.1, 0.15) is 22.1 Å². The van der Waals surface area contributed by atoms with Gasteiger partial charge < -0.3 is 15.0 Å². The fraction of sp³-hybridized carbons (Fsp3) is 0.250. The molecule has 1 amide bonds. The molecule has 0 spiro atoms. The van der Waals surface area contributed by atoms with Gasteiger partial charge in [0.25, 0.3) is 5.91 Å². The maximum atomic E-state index is 13.2. The van der Waals surface area contributed by atoms with Crippen molar-refractivity contribution >= 4 is 29.9 Å². The van der Waals surface area contributed by atoms with Crippen LogP contribution in [0.5, 0.6) is 5.75 Å². The molecule has 1 N–H and O–H groups in total. The summed E-state index contributed by atoms with van der Waals surface area (Å²) in [5.74, 6) is 0.587. The normalized spacial score (nSPS) is 16.2. The average molecular weight is 434 g/mol. The predicted octanol–water partition coefficient (Wildman–Crippen LogP) is 3.14. The van der Waals surface area contributed by atoms with Crippen molar-refractivity contribution in [1.82, 2.24) is 25.2 Å². The number of carbonyl (C=O) groups is 1. The Morgan fingerprint density at radius 2 is 1.97 bits per heavy atom. The van der Waals surface area contributed by atoms with E-state index in [1.54, 1.807) is 19.4 Å². The molecule has 1 fully saturated rings. The van der Waals surface area contributed by atoms with Crippen molar-refractivity contribution in [2.24, 2.45) is 0 Å². The molecule has 0 saturated carbocycles. The molecule has 1 aliphatic rings. The summed E-state index contributed by atoms with van der Waals surface area (Å²) in [6, 6.07) is 14.9. The van der Waals surface area contributed by atoms with Gasteiger partial charge in [-0.2, -0.15) is 0 Å². The van der Waals surface area contributed by atoms with Crippen LogP contribution >= 0.6 is 24.0 Å². The molecule has 4 rings (SSSR count). The number of para-hydroxylation sites is 2. The number of ether oxygens (including phenoxy) is 1. The van der Waals surface area contributed by atoms with E-state index in [-0.39, 0.29) is 30.0 Å². The van der Waals surface area contributed by atoms with E-state index >= 15 is 0 Å². The van der Waals surface area contributed by atoms with Gasteiger partial charge in [-0.05, 0) is 18.2 Å². The maximum absolute atomic E-state index is 13.2. The molecule has 0 radical (unpaired) electrons. The molecule has 2 heterocycles. The highest BCUT2D eigenvalue weighted by atomic mass is 35.5. The van der Waals surface area contributed by atoms with Crippen LogP contribution in [0.4, 0.5) is 0 Å². The summed E-state index contributed by atoms with van der Waals surface area (Å²) in [6.45, 7) is 1.93. The number of hydrogen-bond acceptors (Lipinski definition) is 5. The number of hydrogen-bond donors (Lipinski definition) is 1. The van der Waals surface area contributed by atoms with Gasteiger partial charge in [0.15, 0.2) is 5.69 Å². The van der Waals surface area contributed by atoms with Gasteiger partial charge in [-0.15, -0.1) is 17.5 Å². The van der Waals surface area contributed by atoms with E-state index < -0.39 is 0 Å². The molecule has 1 saturated heterocycles. The zero-order chi connectivity index (χ0) is 19.5. The van der Waals surface area contributed by atoms with Gasteiger partial charge in [0.05, 0.1) is 30.1 Å². The second-order valence-electron chi connectivity index (χ2n) is 6.46. The Balaban J connectivity index is 0.00000240. The van der Waals surface area contributed by atoms with Crippen molar-refractivity contribution in [3.8, 4) is 11.4 Å². The minimum absolute atomic E-state index is 0. The summed E-state index contributed by atoms with van der Waals surface area (Å²) in [5, 5.41) is 12.1. The molecular formula is C20H21Cl2N5O2. The first-order valence-electron chi connectivity index (χ1n) is 9.01. The monoisotopic (exact) mass is 433 g/mol. The fourth-order valence-electron chi connectivity index (χ4n) is 3.43. The number of halogens is 2. The van der Waals surface area contributed by atoms with Crippen LogP contribution in [-0.2, 0) is 0 Å². The highest BCUT2D eigenvalue weighted by molar-refractivity contribution is 6.32. The third kappa shape index (κ3) is 4.22. The van der Waals surface area contributed by atoms with Crippen molar-refractivity contribution in [1.29, 1.82) is 0 Å². The highest BCUT2D eigenvalue weighted by Crippen LogP contribution is 2.31. The van der Waals surface area contributed by atoms with E-state index in [1.165, 1.54) is 4.68 Å². The molecule has 1 aliphatic heterocycles. The topological polar surface area (TPSA) is 72.3 Å². The van der Waals surface area contributed by atoms with Crippen LogP contribution in [0.25, 0.3) is 5.69 Å². The summed E-state index contributed by atoms with van der Waals surface area (Å²) in [7, 11) is 1.64. The van der Waals surface area contributed by atoms with Crippen LogP contribution in [0.2, 0.25) is 5.02 Å². The zero-order valence-corrected chi connectivity index (χ0v) is 17.4. The van der Waals surface area contributed by atoms with Crippen LogP contribution in [0.3, 0.4) is 0 Å². The number of carbonyl (C=O) groups excluding carboxylic acids is 1. The number of amides is 1. The Morgan fingerprint density at radius 3 is 2.76 bits per heavy atom. The van der Waals surface area contributed by atoms with Gasteiger partial charge in [-0.25, -0.2) is 4.68 Å². The minimum atomic E-state index is -0.171. The van der Waals surface area contributed by atoms with Crippen LogP contribution < -0.4 is 10.1 Å². The van der Waals surface area contributed by atoms with E-state index in [0.29, 0.717) is 23.8 Å². The van der Waals surface area contributed by atoms with E-state index in [4.69, 9.17) is 16.3 Å². The summed E-state index contributed by atoms with van der Waals surface area (Å²) >= 11 is 6.23. The van der Waals surface area contributed by atoms with E-state index in [1.807, 2.05) is 47.4 Å². The largest absolute Gasteiger partial charge is 0.496 e. The molecule has 9 heteroatoms. The Hall–Kier alpha value is -2.61. The molecule has 1 atom stereocenters. The number of nitrogens with zero attached hydrogens (tertiary/aromatic N) is 4. The van der Waals surface area contributed by atoms with Gasteiger partial charge in [0.1, 0.15) is 5.75 Å². The number of piperazine rings is 1. The smallest absolute Gasteiger partial charge is 0.276 e. The Labute approximate surface area is 180 Å². The fourth-order valence-corrected chi connectivity index (χ4v) is 3.65. The standard InChI is InChI=1S/C20H20ClN5O2.ClH/c1-28-19-9-5-2-6-14(19)18-12-22-10-11-25(18)20(27)16-13-26(24-23-16)17-8-4-3-7-15(17)21;/h2-9,13,18,22H,10-12H2,1H3;1H. The van der Waals surface area contributed by atoms with Crippen molar-refractivity contribution < 1.29 is 9.53 Å². The molecule has 1 unspecified atom stereocenters. The molecule has 0 aliphatic carbocycles. The Bertz CT molecular complexity index is 994. The third-order valence-corrected chi connectivity index (χ3v) is 5.13. The second-order valence-corrected chi connectivity index (χ2v) is 6.87. The van der Waals surface area contributed by atoms with E-state index in [0.717, 1.165) is 17.9 Å². The summed E-state index contributed by atoms with van der Waals surface area (Å²) in [6.07, 6.45) is 1.62. The first kappa shape index (κ1) is 21.1. The van der Waals surface area contributed by atoms with Crippen LogP contribution in [0.15, 0.2) is 54.7 Å². The van der Waals surface area contributed by atoms with Gasteiger partial charge in [-0.1, -0.05) is 47.1 Å². The van der Waals surface area contributed by atoms with Gasteiger partial charge in [0.2, 0.25) is 0 Å². The lowest BCUT2D eigenvalue weighted by molar-refractivity contribution is 0.0625. The molecule has 7 nitrogen and oxygen atoms in total. The van der Waals surface area contributed by atoms with Gasteiger partial charge in [0, 0.05) is 25.2 Å². The molecule has 3 aromatic rings. The van der Waals surface area contributed by atoms with Gasteiger partial charge >= 0.3 is 0 Å². The lowest BCUT2D eigenvalue weighted by Crippen LogP contribution is -2.48. The van der Waals surface area contributed by atoms with E-state index in [2.05, 4.69) is 15.6 Å². The quantitative estimate of drug-likeness (QED) is 0.683. The summed E-state index contributed by atoms with van der Waals surface area (Å²) in [4.78, 5) is 15.0. The van der Waals surface area contributed by atoms with Crippen molar-refractivity contribution in [3.63, 3.8) is 0 Å². The molecule has 29 heavy (non-hydrogen) atoms. The Morgan fingerprint density at radius 1 is 1.21 bits per heavy atom. The van der Waals surface area contributed by atoms with Crippen molar-refractivity contribution in [2.45, 2.75) is 6.04 Å². The maximum Gasteiger partial charge on any atom is 0.276 e. The zero-order valence-electron chi connectivity index (χ0n) is 15.8. The molecule has 1 aromatic heterocycles. The van der Waals surface area contributed by atoms with Crippen molar-refractivity contribution in [3.05, 3.63) is 71.0 Å². The van der Waals surface area contributed by atoms with Crippen LogP contribution in [0, 0.1) is 0 Å². The van der Waals surface area contributed by atoms with Gasteiger partial charge in [-0.3, -0.25) is 4.79 Å². The third-order valence-electron chi connectivity index (χ3n) is 4.81. The van der Waals surface area contributed by atoms with E-state index in [9.17, 15) is 4.79 Å².